The molecule has 2 amide bonds. The minimum atomic E-state index is -2.05. The number of carbonyl (C=O) groups is 2. The molecule has 16 heteroatoms. The molecule has 6 aromatic carbocycles. The van der Waals surface area contributed by atoms with Gasteiger partial charge in [0, 0.05) is 126 Å². The fourth-order valence-corrected chi connectivity index (χ4v) is 8.64. The molecule has 0 atom stereocenters. The molecule has 2 aliphatic rings. The van der Waals surface area contributed by atoms with Gasteiger partial charge in [-0.3, -0.25) is 9.59 Å². The number of para-hydroxylation sites is 2. The molecule has 4 heterocycles. The SMILES string of the molecule is C=C(C)C(=O)Nc1cccc(-c2cccc3cnc(Nc4ccc(N5CCN(C)CC5)cc4)nc23)c1.CN1CCN(c2ccc(Nc3ncc4cccc(-c5cccc(NC(=O)C=C(F)F)c5)c4n3)cc2)CC1. The number of likely N-dealkylation sites (N-methyl/N-ethyl adjacent to an activating group) is 2. The van der Waals surface area contributed by atoms with E-state index >= 15 is 0 Å². The molecule has 0 bridgehead atoms. The molecule has 0 spiro atoms. The average molecular weight is 979 g/mol. The molecule has 0 saturated carbocycles. The summed E-state index contributed by atoms with van der Waals surface area (Å²) in [6, 6.07) is 43.2. The standard InChI is InChI=1S/C29H30N6O.C28H26F2N6O/c1-20(2)28(36)31-24-8-4-6-21(18-24)26-9-5-7-22-19-30-29(33-27(22)26)32-23-10-12-25(13-11-23)35-16-14-34(3)15-17-35;1-35-12-14-36(15-13-35)23-10-8-21(9-11-23)33-28-31-18-20-5-3-7-24(27(20)34-28)19-4-2-6-22(16-19)32-26(37)17-25(29)30/h4-13,18-19H,1,14-17H2,2-3H3,(H,31,36)(H,30,32,33);2-11,16-18H,12-15H2,1H3,(H,32,37)(H,31,33,34). The number of anilines is 8. The minimum Gasteiger partial charge on any atom is -0.369 e. The number of halogens is 2. The van der Waals surface area contributed by atoms with Gasteiger partial charge in [0.05, 0.1) is 17.1 Å². The van der Waals surface area contributed by atoms with Gasteiger partial charge in [-0.2, -0.15) is 8.78 Å². The number of fused-ring (bicyclic) bond motifs is 2. The van der Waals surface area contributed by atoms with E-state index in [1.807, 2.05) is 85.1 Å². The summed E-state index contributed by atoms with van der Waals surface area (Å²) in [7, 11) is 4.31. The lowest BCUT2D eigenvalue weighted by Crippen LogP contribution is -2.44. The van der Waals surface area contributed by atoms with Gasteiger partial charge in [-0.05, 0) is 105 Å². The van der Waals surface area contributed by atoms with Crippen molar-refractivity contribution in [3.63, 3.8) is 0 Å². The van der Waals surface area contributed by atoms with Crippen molar-refractivity contribution in [3.05, 3.63) is 170 Å². The summed E-state index contributed by atoms with van der Waals surface area (Å²) in [6.07, 6.45) is 1.80. The van der Waals surface area contributed by atoms with E-state index in [2.05, 4.69) is 108 Å². The van der Waals surface area contributed by atoms with Crippen LogP contribution in [0, 0.1) is 0 Å². The third kappa shape index (κ3) is 12.7. The van der Waals surface area contributed by atoms with Crippen LogP contribution in [0.15, 0.2) is 170 Å². The number of hydrogen-bond acceptors (Lipinski definition) is 12. The Hall–Kier alpha value is -8.60. The Morgan fingerprint density at radius 3 is 1.40 bits per heavy atom. The van der Waals surface area contributed by atoms with Gasteiger partial charge in [0.2, 0.25) is 11.9 Å². The smallest absolute Gasteiger partial charge is 0.275 e. The van der Waals surface area contributed by atoms with Crippen molar-refractivity contribution in [2.75, 3.05) is 97.5 Å². The van der Waals surface area contributed by atoms with Crippen LogP contribution in [-0.4, -0.2) is 108 Å². The Kier molecular flexibility index (Phi) is 15.3. The molecular weight excluding hydrogens is 923 g/mol. The zero-order valence-electron chi connectivity index (χ0n) is 40.9. The van der Waals surface area contributed by atoms with Crippen LogP contribution in [0.5, 0.6) is 0 Å². The lowest BCUT2D eigenvalue weighted by atomic mass is 10.0. The van der Waals surface area contributed by atoms with E-state index in [4.69, 9.17) is 9.97 Å². The second-order valence-electron chi connectivity index (χ2n) is 18.1. The molecule has 0 radical (unpaired) electrons. The van der Waals surface area contributed by atoms with Crippen molar-refractivity contribution >= 4 is 79.6 Å². The van der Waals surface area contributed by atoms with Gasteiger partial charge in [-0.1, -0.05) is 67.2 Å². The lowest BCUT2D eigenvalue weighted by Gasteiger charge is -2.34. The van der Waals surface area contributed by atoms with Gasteiger partial charge in [0.25, 0.3) is 17.9 Å². The van der Waals surface area contributed by atoms with Gasteiger partial charge >= 0.3 is 0 Å². The quantitative estimate of drug-likeness (QED) is 0.0864. The number of nitrogens with zero attached hydrogens (tertiary/aromatic N) is 8. The Morgan fingerprint density at radius 1 is 0.548 bits per heavy atom. The number of amides is 2. The fraction of sp³-hybridized carbons (Fsp3) is 0.193. The normalized spacial score (nSPS) is 13.9. The molecule has 4 N–H and O–H groups in total. The first-order chi connectivity index (χ1) is 35.4. The van der Waals surface area contributed by atoms with Crippen molar-refractivity contribution in [3.8, 4) is 22.3 Å². The predicted octanol–water partition coefficient (Wildman–Crippen LogP) is 10.8. The first-order valence-corrected chi connectivity index (χ1v) is 24.0. The van der Waals surface area contributed by atoms with Crippen molar-refractivity contribution in [1.82, 2.24) is 29.7 Å². The Labute approximate surface area is 423 Å². The summed E-state index contributed by atoms with van der Waals surface area (Å²) in [5.41, 5.74) is 10.9. The van der Waals surface area contributed by atoms with E-state index in [0.29, 0.717) is 28.8 Å². The topological polar surface area (TPSA) is 147 Å². The summed E-state index contributed by atoms with van der Waals surface area (Å²) in [5, 5.41) is 13.8. The van der Waals surface area contributed by atoms with E-state index in [-0.39, 0.29) is 12.0 Å². The molecule has 2 fully saturated rings. The molecule has 0 aliphatic carbocycles. The number of nitrogens with one attached hydrogen (secondary N) is 4. The number of rotatable bonds is 12. The highest BCUT2D eigenvalue weighted by atomic mass is 19.3. The van der Waals surface area contributed by atoms with Crippen LogP contribution in [0.3, 0.4) is 0 Å². The van der Waals surface area contributed by atoms with Crippen LogP contribution in [0.4, 0.5) is 54.8 Å². The summed E-state index contributed by atoms with van der Waals surface area (Å²) in [4.78, 5) is 51.9. The minimum absolute atomic E-state index is 0.197. The van der Waals surface area contributed by atoms with E-state index in [1.165, 1.54) is 11.4 Å². The summed E-state index contributed by atoms with van der Waals surface area (Å²) < 4.78 is 24.8. The lowest BCUT2D eigenvalue weighted by molar-refractivity contribution is -0.113. The van der Waals surface area contributed by atoms with Crippen molar-refractivity contribution in [2.24, 2.45) is 0 Å². The van der Waals surface area contributed by atoms with Gasteiger partial charge in [-0.15, -0.1) is 0 Å². The maximum Gasteiger partial charge on any atom is 0.275 e. The van der Waals surface area contributed by atoms with Crippen LogP contribution in [0.2, 0.25) is 0 Å². The third-order valence-corrected chi connectivity index (χ3v) is 12.7. The Balaban J connectivity index is 0.000000180. The summed E-state index contributed by atoms with van der Waals surface area (Å²) in [6.45, 7) is 13.8. The largest absolute Gasteiger partial charge is 0.369 e. The predicted molar refractivity (Wildman–Crippen MR) is 291 cm³/mol. The zero-order chi connectivity index (χ0) is 50.8. The van der Waals surface area contributed by atoms with Gasteiger partial charge in [-0.25, -0.2) is 19.9 Å². The molecule has 10 rings (SSSR count). The number of benzene rings is 6. The number of piperazine rings is 2. The molecule has 0 unspecified atom stereocenters. The van der Waals surface area contributed by atoms with Gasteiger partial charge in [0.1, 0.15) is 0 Å². The third-order valence-electron chi connectivity index (χ3n) is 12.7. The maximum absolute atomic E-state index is 12.4. The van der Waals surface area contributed by atoms with E-state index in [9.17, 15) is 18.4 Å². The average Bonchev–Trinajstić information content (AvgIpc) is 3.39. The second kappa shape index (κ2) is 22.6. The summed E-state index contributed by atoms with van der Waals surface area (Å²) >= 11 is 0. The summed E-state index contributed by atoms with van der Waals surface area (Å²) in [5.74, 6) is -0.0885. The highest BCUT2D eigenvalue weighted by Gasteiger charge is 2.17. The van der Waals surface area contributed by atoms with Crippen LogP contribution in [0.1, 0.15) is 6.92 Å². The molecule has 2 aliphatic heterocycles. The van der Waals surface area contributed by atoms with Crippen LogP contribution < -0.4 is 31.1 Å². The number of hydrogen-bond donors (Lipinski definition) is 4. The van der Waals surface area contributed by atoms with Gasteiger partial charge < -0.3 is 40.9 Å². The van der Waals surface area contributed by atoms with Crippen LogP contribution >= 0.6 is 0 Å². The number of aromatic nitrogens is 4. The van der Waals surface area contributed by atoms with E-state index in [0.717, 1.165) is 108 Å². The monoisotopic (exact) mass is 978 g/mol. The van der Waals surface area contributed by atoms with Gasteiger partial charge in [0.15, 0.2) is 0 Å². The zero-order valence-corrected chi connectivity index (χ0v) is 40.9. The molecule has 73 heavy (non-hydrogen) atoms. The van der Waals surface area contributed by atoms with Crippen molar-refractivity contribution in [2.45, 2.75) is 6.92 Å². The maximum atomic E-state index is 12.4. The highest BCUT2D eigenvalue weighted by Crippen LogP contribution is 2.32. The number of carbonyl (C=O) groups excluding carboxylic acids is 2. The molecular formula is C57H56F2N12O2. The molecule has 8 aromatic rings. The molecule has 370 valence electrons. The van der Waals surface area contributed by atoms with Crippen LogP contribution in [0.25, 0.3) is 44.1 Å². The fourth-order valence-electron chi connectivity index (χ4n) is 8.64. The van der Waals surface area contributed by atoms with Crippen molar-refractivity contribution in [1.29, 1.82) is 0 Å². The second-order valence-corrected chi connectivity index (χ2v) is 18.1. The molecule has 2 saturated heterocycles. The van der Waals surface area contributed by atoms with E-state index < -0.39 is 12.0 Å². The van der Waals surface area contributed by atoms with Crippen molar-refractivity contribution < 1.29 is 18.4 Å². The first kappa shape index (κ1) is 49.4. The van der Waals surface area contributed by atoms with Crippen LogP contribution in [-0.2, 0) is 9.59 Å². The molecule has 2 aromatic heterocycles. The Bertz CT molecular complexity index is 3290. The van der Waals surface area contributed by atoms with E-state index in [1.54, 1.807) is 31.3 Å². The Morgan fingerprint density at radius 2 is 0.973 bits per heavy atom. The highest BCUT2D eigenvalue weighted by molar-refractivity contribution is 6.04. The molecule has 14 nitrogen and oxygen atoms in total. The first-order valence-electron chi connectivity index (χ1n) is 24.0.